The number of carbonyl (C=O) groups excluding carboxylic acids is 2. The number of carbonyl (C=O) groups is 2. The topological polar surface area (TPSA) is 87.7 Å². The lowest BCUT2D eigenvalue weighted by Crippen LogP contribution is -2.64. The van der Waals surface area contributed by atoms with E-state index >= 15 is 0 Å². The first-order valence-corrected chi connectivity index (χ1v) is 11.4. The van der Waals surface area contributed by atoms with Crippen molar-refractivity contribution in [1.82, 2.24) is 25.1 Å². The van der Waals surface area contributed by atoms with E-state index in [2.05, 4.69) is 11.6 Å². The van der Waals surface area contributed by atoms with E-state index in [0.717, 1.165) is 21.2 Å². The summed E-state index contributed by atoms with van der Waals surface area (Å²) in [7, 11) is 0. The van der Waals surface area contributed by atoms with E-state index in [0.29, 0.717) is 6.54 Å². The van der Waals surface area contributed by atoms with Crippen LogP contribution in [0, 0.1) is 0 Å². The van der Waals surface area contributed by atoms with Crippen LogP contribution in [0.25, 0.3) is 10.6 Å². The Morgan fingerprint density at radius 3 is 2.76 bits per heavy atom. The van der Waals surface area contributed by atoms with Crippen molar-refractivity contribution in [2.24, 2.45) is 0 Å². The highest BCUT2D eigenvalue weighted by molar-refractivity contribution is 7.13. The monoisotopic (exact) mass is 497 g/mol. The molecule has 0 aliphatic carbocycles. The Labute approximate surface area is 199 Å². The molecule has 2 aromatic rings. The summed E-state index contributed by atoms with van der Waals surface area (Å²) in [5.41, 5.74) is 0.957. The van der Waals surface area contributed by atoms with Gasteiger partial charge >= 0.3 is 12.3 Å². The third kappa shape index (κ3) is 6.11. The van der Waals surface area contributed by atoms with Gasteiger partial charge in [-0.3, -0.25) is 19.6 Å². The molecule has 1 atom stereocenters. The number of thiazole rings is 1. The number of amides is 2. The number of rotatable bonds is 7. The minimum Gasteiger partial charge on any atom is -0.445 e. The highest BCUT2D eigenvalue weighted by atomic mass is 32.1. The second-order valence-electron chi connectivity index (χ2n) is 8.19. The molecular weight excluding hydrogens is 471 g/mol. The zero-order valence-electron chi connectivity index (χ0n) is 18.8. The SMILES string of the molecule is C=CCOC(=O)N1CCN(C(C)(C)c2csc(-c3cccnc3)n2)CC1C(=O)NCC(F)(F)F. The summed E-state index contributed by atoms with van der Waals surface area (Å²) in [6, 6.07) is 2.55. The fourth-order valence-corrected chi connectivity index (χ4v) is 4.56. The summed E-state index contributed by atoms with van der Waals surface area (Å²) >= 11 is 1.45. The molecule has 1 N–H and O–H groups in total. The lowest BCUT2D eigenvalue weighted by Gasteiger charge is -2.46. The van der Waals surface area contributed by atoms with E-state index in [1.165, 1.54) is 17.4 Å². The number of nitrogens with zero attached hydrogens (tertiary/aromatic N) is 4. The predicted molar refractivity (Wildman–Crippen MR) is 121 cm³/mol. The van der Waals surface area contributed by atoms with Gasteiger partial charge in [-0.25, -0.2) is 9.78 Å². The van der Waals surface area contributed by atoms with E-state index in [9.17, 15) is 22.8 Å². The Morgan fingerprint density at radius 2 is 2.12 bits per heavy atom. The smallest absolute Gasteiger partial charge is 0.410 e. The molecule has 8 nitrogen and oxygen atoms in total. The van der Waals surface area contributed by atoms with E-state index < -0.39 is 36.3 Å². The molecule has 3 rings (SSSR count). The number of hydrogen-bond acceptors (Lipinski definition) is 7. The number of ether oxygens (including phenoxy) is 1. The lowest BCUT2D eigenvalue weighted by molar-refractivity contribution is -0.143. The third-order valence-electron chi connectivity index (χ3n) is 5.54. The Hall–Kier alpha value is -2.99. The first-order chi connectivity index (χ1) is 16.0. The van der Waals surface area contributed by atoms with Crippen LogP contribution < -0.4 is 5.32 Å². The van der Waals surface area contributed by atoms with Gasteiger partial charge in [0, 0.05) is 43.0 Å². The van der Waals surface area contributed by atoms with Crippen LogP contribution in [0.3, 0.4) is 0 Å². The molecule has 2 amide bonds. The van der Waals surface area contributed by atoms with E-state index in [-0.39, 0.29) is 19.7 Å². The van der Waals surface area contributed by atoms with Crippen molar-refractivity contribution in [3.05, 3.63) is 48.3 Å². The normalized spacial score (nSPS) is 17.3. The minimum absolute atomic E-state index is 0.0135. The van der Waals surface area contributed by atoms with Crippen LogP contribution in [-0.4, -0.2) is 76.8 Å². The Bertz CT molecular complexity index is 1010. The van der Waals surface area contributed by atoms with Crippen molar-refractivity contribution in [2.45, 2.75) is 31.6 Å². The molecule has 1 fully saturated rings. The maximum atomic E-state index is 12.7. The highest BCUT2D eigenvalue weighted by Crippen LogP contribution is 2.34. The molecule has 1 aliphatic rings. The van der Waals surface area contributed by atoms with Gasteiger partial charge in [0.1, 0.15) is 24.2 Å². The van der Waals surface area contributed by atoms with Crippen LogP contribution in [0.15, 0.2) is 42.6 Å². The second kappa shape index (κ2) is 10.5. The molecule has 0 bridgehead atoms. The van der Waals surface area contributed by atoms with Crippen LogP contribution in [0.2, 0.25) is 0 Å². The number of pyridine rings is 1. The molecule has 1 aliphatic heterocycles. The first kappa shape index (κ1) is 25.6. The van der Waals surface area contributed by atoms with Crippen molar-refractivity contribution in [2.75, 3.05) is 32.8 Å². The quantitative estimate of drug-likeness (QED) is 0.590. The standard InChI is InChI=1S/C22H26F3N5O3S/c1-4-10-33-20(32)30-9-8-29(12-16(30)18(31)27-14-22(23,24)25)21(2,3)17-13-34-19(28-17)15-6-5-7-26-11-15/h4-7,11,13,16H,1,8-10,12,14H2,2-3H3,(H,27,31). The predicted octanol–water partition coefficient (Wildman–Crippen LogP) is 3.43. The fraction of sp³-hybridized carbons (Fsp3) is 0.455. The molecule has 1 unspecified atom stereocenters. The molecule has 184 valence electrons. The minimum atomic E-state index is -4.57. The van der Waals surface area contributed by atoms with E-state index in [1.807, 2.05) is 41.6 Å². The summed E-state index contributed by atoms with van der Waals surface area (Å²) in [5, 5.41) is 4.58. The van der Waals surface area contributed by atoms with Crippen LogP contribution in [-0.2, 0) is 15.1 Å². The average molecular weight is 498 g/mol. The van der Waals surface area contributed by atoms with Crippen LogP contribution >= 0.6 is 11.3 Å². The van der Waals surface area contributed by atoms with Crippen LogP contribution in [0.4, 0.5) is 18.0 Å². The number of aromatic nitrogens is 2. The molecule has 0 radical (unpaired) electrons. The molecule has 0 saturated carbocycles. The van der Waals surface area contributed by atoms with Gasteiger partial charge in [0.2, 0.25) is 5.91 Å². The molecule has 1 saturated heterocycles. The van der Waals surface area contributed by atoms with Crippen molar-refractivity contribution in [3.8, 4) is 10.6 Å². The van der Waals surface area contributed by atoms with Crippen LogP contribution in [0.5, 0.6) is 0 Å². The summed E-state index contributed by atoms with van der Waals surface area (Å²) in [4.78, 5) is 37.1. The van der Waals surface area contributed by atoms with Crippen molar-refractivity contribution in [1.29, 1.82) is 0 Å². The first-order valence-electron chi connectivity index (χ1n) is 10.5. The number of alkyl halides is 3. The molecule has 34 heavy (non-hydrogen) atoms. The largest absolute Gasteiger partial charge is 0.445 e. The van der Waals surface area contributed by atoms with Gasteiger partial charge in [-0.05, 0) is 26.0 Å². The zero-order chi connectivity index (χ0) is 24.9. The van der Waals surface area contributed by atoms with Gasteiger partial charge in [0.15, 0.2) is 0 Å². The highest BCUT2D eigenvalue weighted by Gasteiger charge is 2.43. The van der Waals surface area contributed by atoms with Gasteiger partial charge in [-0.2, -0.15) is 13.2 Å². The Balaban J connectivity index is 1.81. The van der Waals surface area contributed by atoms with Gasteiger partial charge in [0.25, 0.3) is 0 Å². The lowest BCUT2D eigenvalue weighted by atomic mass is 9.96. The number of hydrogen-bond donors (Lipinski definition) is 1. The Morgan fingerprint density at radius 1 is 1.35 bits per heavy atom. The van der Waals surface area contributed by atoms with Crippen LogP contribution in [0.1, 0.15) is 19.5 Å². The van der Waals surface area contributed by atoms with Crippen molar-refractivity contribution in [3.63, 3.8) is 0 Å². The van der Waals surface area contributed by atoms with E-state index in [1.54, 1.807) is 12.4 Å². The summed E-state index contributed by atoms with van der Waals surface area (Å²) in [6.45, 7) is 6.25. The second-order valence-corrected chi connectivity index (χ2v) is 9.05. The fourth-order valence-electron chi connectivity index (χ4n) is 3.59. The third-order valence-corrected chi connectivity index (χ3v) is 6.43. The molecule has 0 aromatic carbocycles. The summed E-state index contributed by atoms with van der Waals surface area (Å²) < 4.78 is 43.1. The van der Waals surface area contributed by atoms with Gasteiger partial charge < -0.3 is 10.1 Å². The Kier molecular flexibility index (Phi) is 7.93. The van der Waals surface area contributed by atoms with Gasteiger partial charge in [-0.15, -0.1) is 11.3 Å². The molecule has 12 heteroatoms. The molecule has 2 aromatic heterocycles. The van der Waals surface area contributed by atoms with Crippen molar-refractivity contribution >= 4 is 23.3 Å². The van der Waals surface area contributed by atoms with Gasteiger partial charge in [-0.1, -0.05) is 12.7 Å². The molecule has 0 spiro atoms. The molecular formula is C22H26F3N5O3S. The maximum absolute atomic E-state index is 12.7. The number of halogens is 3. The van der Waals surface area contributed by atoms with Crippen molar-refractivity contribution < 1.29 is 27.5 Å². The zero-order valence-corrected chi connectivity index (χ0v) is 19.7. The molecule has 3 heterocycles. The maximum Gasteiger partial charge on any atom is 0.410 e. The summed E-state index contributed by atoms with van der Waals surface area (Å²) in [5.74, 6) is -0.900. The van der Waals surface area contributed by atoms with Gasteiger partial charge in [0.05, 0.1) is 11.2 Å². The number of nitrogens with one attached hydrogen (secondary N) is 1. The number of piperazine rings is 1. The average Bonchev–Trinajstić information content (AvgIpc) is 3.32. The van der Waals surface area contributed by atoms with E-state index in [4.69, 9.17) is 9.72 Å². The summed E-state index contributed by atoms with van der Waals surface area (Å²) in [6.07, 6.45) is -0.591.